The zero-order chi connectivity index (χ0) is 17.8. The predicted molar refractivity (Wildman–Crippen MR) is 97.1 cm³/mol. The predicted octanol–water partition coefficient (Wildman–Crippen LogP) is 2.79. The van der Waals surface area contributed by atoms with E-state index in [1.54, 1.807) is 43.2 Å². The minimum atomic E-state index is -0.628. The smallest absolute Gasteiger partial charge is 0.319 e. The lowest BCUT2D eigenvalue weighted by atomic mass is 10.2. The highest BCUT2D eigenvalue weighted by molar-refractivity contribution is 6.01. The second-order valence-electron chi connectivity index (χ2n) is 5.92. The van der Waals surface area contributed by atoms with E-state index in [4.69, 9.17) is 4.74 Å². The van der Waals surface area contributed by atoms with Crippen molar-refractivity contribution >= 4 is 23.3 Å². The van der Waals surface area contributed by atoms with Crippen molar-refractivity contribution < 1.29 is 14.3 Å². The number of carbonyl (C=O) groups excluding carboxylic acids is 2. The van der Waals surface area contributed by atoms with Gasteiger partial charge < -0.3 is 20.3 Å². The first kappa shape index (κ1) is 16.8. The highest BCUT2D eigenvalue weighted by Gasteiger charge is 2.28. The van der Waals surface area contributed by atoms with E-state index in [0.29, 0.717) is 18.0 Å². The fourth-order valence-corrected chi connectivity index (χ4v) is 2.93. The number of hydrogen-bond acceptors (Lipinski definition) is 3. The van der Waals surface area contributed by atoms with Crippen molar-refractivity contribution in [2.24, 2.45) is 0 Å². The first-order valence-corrected chi connectivity index (χ1v) is 8.19. The highest BCUT2D eigenvalue weighted by atomic mass is 16.5. The SMILES string of the molecule is COc1cccc(NC(=O)N[C@H](C)C(=O)N2CCc3ccccc32)c1. The van der Waals surface area contributed by atoms with E-state index in [1.807, 2.05) is 24.3 Å². The van der Waals surface area contributed by atoms with Gasteiger partial charge in [0.25, 0.3) is 0 Å². The number of ether oxygens (including phenoxy) is 1. The van der Waals surface area contributed by atoms with Gasteiger partial charge in [-0.3, -0.25) is 4.79 Å². The van der Waals surface area contributed by atoms with Gasteiger partial charge in [-0.2, -0.15) is 0 Å². The molecule has 6 heteroatoms. The molecule has 0 aromatic heterocycles. The maximum atomic E-state index is 12.7. The molecule has 130 valence electrons. The van der Waals surface area contributed by atoms with Gasteiger partial charge in [-0.25, -0.2) is 4.79 Å². The van der Waals surface area contributed by atoms with Gasteiger partial charge in [0.05, 0.1) is 7.11 Å². The molecular weight excluding hydrogens is 318 g/mol. The molecule has 0 aliphatic carbocycles. The Hall–Kier alpha value is -3.02. The number of anilines is 2. The van der Waals surface area contributed by atoms with Crippen LogP contribution in [0.2, 0.25) is 0 Å². The number of hydrogen-bond donors (Lipinski definition) is 2. The fraction of sp³-hybridized carbons (Fsp3) is 0.263. The molecule has 0 saturated carbocycles. The molecule has 6 nitrogen and oxygen atoms in total. The van der Waals surface area contributed by atoms with E-state index >= 15 is 0 Å². The molecule has 0 saturated heterocycles. The summed E-state index contributed by atoms with van der Waals surface area (Å²) in [6.07, 6.45) is 0.838. The van der Waals surface area contributed by atoms with E-state index < -0.39 is 12.1 Å². The van der Waals surface area contributed by atoms with Crippen LogP contribution < -0.4 is 20.3 Å². The summed E-state index contributed by atoms with van der Waals surface area (Å²) in [4.78, 5) is 26.5. The lowest BCUT2D eigenvalue weighted by molar-refractivity contribution is -0.119. The van der Waals surface area contributed by atoms with Gasteiger partial charge in [0.15, 0.2) is 0 Å². The molecule has 1 heterocycles. The first-order chi connectivity index (χ1) is 12.1. The number of carbonyl (C=O) groups is 2. The van der Waals surface area contributed by atoms with Crippen molar-refractivity contribution in [3.63, 3.8) is 0 Å². The van der Waals surface area contributed by atoms with E-state index in [9.17, 15) is 9.59 Å². The first-order valence-electron chi connectivity index (χ1n) is 8.19. The summed E-state index contributed by atoms with van der Waals surface area (Å²) >= 11 is 0. The summed E-state index contributed by atoms with van der Waals surface area (Å²) < 4.78 is 5.12. The van der Waals surface area contributed by atoms with E-state index in [2.05, 4.69) is 10.6 Å². The third kappa shape index (κ3) is 3.74. The fourth-order valence-electron chi connectivity index (χ4n) is 2.93. The maximum Gasteiger partial charge on any atom is 0.319 e. The van der Waals surface area contributed by atoms with Gasteiger partial charge in [0.1, 0.15) is 11.8 Å². The van der Waals surface area contributed by atoms with Crippen molar-refractivity contribution in [2.45, 2.75) is 19.4 Å². The standard InChI is InChI=1S/C19H21N3O3/c1-13(18(23)22-11-10-14-6-3-4-9-17(14)22)20-19(24)21-15-7-5-8-16(12-15)25-2/h3-9,12-13H,10-11H2,1-2H3,(H2,20,21,24)/t13-/m1/s1. The number of amides is 3. The topological polar surface area (TPSA) is 70.7 Å². The molecule has 2 aromatic rings. The number of nitrogens with zero attached hydrogens (tertiary/aromatic N) is 1. The number of urea groups is 1. The molecule has 3 amide bonds. The van der Waals surface area contributed by atoms with Crippen LogP contribution in [0.1, 0.15) is 12.5 Å². The number of para-hydroxylation sites is 1. The van der Waals surface area contributed by atoms with E-state index in [0.717, 1.165) is 17.7 Å². The molecule has 2 aromatic carbocycles. The van der Waals surface area contributed by atoms with Crippen LogP contribution in [-0.2, 0) is 11.2 Å². The summed E-state index contributed by atoms with van der Waals surface area (Å²) in [5.41, 5.74) is 2.68. The van der Waals surface area contributed by atoms with Crippen LogP contribution in [0.25, 0.3) is 0 Å². The van der Waals surface area contributed by atoms with Crippen molar-refractivity contribution in [2.75, 3.05) is 23.9 Å². The van der Waals surface area contributed by atoms with Crippen LogP contribution in [0.4, 0.5) is 16.2 Å². The molecule has 0 unspecified atom stereocenters. The molecule has 0 bridgehead atoms. The molecule has 0 radical (unpaired) electrons. The molecule has 1 aliphatic heterocycles. The average Bonchev–Trinajstić information content (AvgIpc) is 3.05. The Morgan fingerprint density at radius 3 is 2.76 bits per heavy atom. The van der Waals surface area contributed by atoms with Gasteiger partial charge in [-0.1, -0.05) is 24.3 Å². The Morgan fingerprint density at radius 1 is 1.16 bits per heavy atom. The second kappa shape index (κ2) is 7.25. The Bertz CT molecular complexity index is 791. The minimum Gasteiger partial charge on any atom is -0.497 e. The molecule has 2 N–H and O–H groups in total. The van der Waals surface area contributed by atoms with E-state index in [1.165, 1.54) is 0 Å². The lowest BCUT2D eigenvalue weighted by Crippen LogP contribution is -2.47. The number of rotatable bonds is 4. The summed E-state index contributed by atoms with van der Waals surface area (Å²) in [7, 11) is 1.56. The van der Waals surface area contributed by atoms with Gasteiger partial charge in [-0.05, 0) is 37.1 Å². The third-order valence-corrected chi connectivity index (χ3v) is 4.20. The summed E-state index contributed by atoms with van der Waals surface area (Å²) in [5, 5.41) is 5.40. The molecule has 0 spiro atoms. The monoisotopic (exact) mass is 339 g/mol. The van der Waals surface area contributed by atoms with Gasteiger partial charge in [0.2, 0.25) is 5.91 Å². The van der Waals surface area contributed by atoms with Gasteiger partial charge >= 0.3 is 6.03 Å². The Morgan fingerprint density at radius 2 is 1.96 bits per heavy atom. The molecule has 1 atom stereocenters. The highest BCUT2D eigenvalue weighted by Crippen LogP contribution is 2.27. The Kier molecular flexibility index (Phi) is 4.88. The van der Waals surface area contributed by atoms with Gasteiger partial charge in [-0.15, -0.1) is 0 Å². The van der Waals surface area contributed by atoms with E-state index in [-0.39, 0.29) is 5.91 Å². The lowest BCUT2D eigenvalue weighted by Gasteiger charge is -2.22. The summed E-state index contributed by atoms with van der Waals surface area (Å²) in [5.74, 6) is 0.529. The van der Waals surface area contributed by atoms with Crippen LogP contribution in [-0.4, -0.2) is 31.6 Å². The zero-order valence-corrected chi connectivity index (χ0v) is 14.3. The number of nitrogens with one attached hydrogen (secondary N) is 2. The van der Waals surface area contributed by atoms with Crippen LogP contribution in [0.5, 0.6) is 5.75 Å². The van der Waals surface area contributed by atoms with Crippen LogP contribution in [0.3, 0.4) is 0 Å². The maximum absolute atomic E-state index is 12.7. The number of fused-ring (bicyclic) bond motifs is 1. The molecule has 1 aliphatic rings. The third-order valence-electron chi connectivity index (χ3n) is 4.20. The largest absolute Gasteiger partial charge is 0.497 e. The number of benzene rings is 2. The quantitative estimate of drug-likeness (QED) is 0.900. The van der Waals surface area contributed by atoms with Crippen molar-refractivity contribution in [1.82, 2.24) is 5.32 Å². The van der Waals surface area contributed by atoms with Crippen LogP contribution in [0.15, 0.2) is 48.5 Å². The summed E-state index contributed by atoms with van der Waals surface area (Å²) in [6, 6.07) is 13.8. The Labute approximate surface area is 146 Å². The van der Waals surface area contributed by atoms with Gasteiger partial charge in [0, 0.05) is 24.0 Å². The number of methoxy groups -OCH3 is 1. The molecule has 3 rings (SSSR count). The Balaban J connectivity index is 1.61. The second-order valence-corrected chi connectivity index (χ2v) is 5.92. The van der Waals surface area contributed by atoms with Crippen LogP contribution in [0, 0.1) is 0 Å². The van der Waals surface area contributed by atoms with Crippen molar-refractivity contribution in [1.29, 1.82) is 0 Å². The summed E-state index contributed by atoms with van der Waals surface area (Å²) in [6.45, 7) is 2.33. The average molecular weight is 339 g/mol. The molecule has 0 fully saturated rings. The van der Waals surface area contributed by atoms with Crippen molar-refractivity contribution in [3.05, 3.63) is 54.1 Å². The minimum absolute atomic E-state index is 0.120. The van der Waals surface area contributed by atoms with Crippen LogP contribution >= 0.6 is 0 Å². The molecular formula is C19H21N3O3. The molecule has 25 heavy (non-hydrogen) atoms. The zero-order valence-electron chi connectivity index (χ0n) is 14.3. The normalized spacial score (nSPS) is 13.8. The van der Waals surface area contributed by atoms with Crippen molar-refractivity contribution in [3.8, 4) is 5.75 Å².